The molecule has 1 aromatic carbocycles. The Labute approximate surface area is 190 Å². The average molecular weight is 432 g/mol. The second kappa shape index (κ2) is 9.45. The van der Waals surface area contributed by atoms with E-state index >= 15 is 0 Å². The van der Waals surface area contributed by atoms with Gasteiger partial charge in [-0.3, -0.25) is 9.78 Å². The summed E-state index contributed by atoms with van der Waals surface area (Å²) in [4.78, 5) is 20.7. The monoisotopic (exact) mass is 431 g/mol. The first-order chi connectivity index (χ1) is 15.7. The lowest BCUT2D eigenvalue weighted by atomic mass is 9.74. The highest BCUT2D eigenvalue weighted by atomic mass is 16.5. The van der Waals surface area contributed by atoms with E-state index in [1.54, 1.807) is 0 Å². The molecule has 5 nitrogen and oxygen atoms in total. The predicted octanol–water partition coefficient (Wildman–Crippen LogP) is 4.55. The van der Waals surface area contributed by atoms with Crippen LogP contribution < -0.4 is 0 Å². The van der Waals surface area contributed by atoms with Crippen LogP contribution in [0.2, 0.25) is 0 Å². The summed E-state index contributed by atoms with van der Waals surface area (Å²) in [5, 5.41) is 0. The molecule has 168 valence electrons. The molecule has 5 rings (SSSR count). The highest BCUT2D eigenvalue weighted by molar-refractivity contribution is 5.83. The minimum absolute atomic E-state index is 0.321. The van der Waals surface area contributed by atoms with Crippen LogP contribution in [-0.4, -0.2) is 46.5 Å². The first kappa shape index (κ1) is 21.2. The summed E-state index contributed by atoms with van der Waals surface area (Å²) in [6.07, 6.45) is 12.7. The number of nitrogens with zero attached hydrogens (tertiary/aromatic N) is 3. The number of fused-ring (bicyclic) bond motifs is 1. The molecule has 2 aliphatic rings. The van der Waals surface area contributed by atoms with Gasteiger partial charge in [0.05, 0.1) is 16.6 Å². The summed E-state index contributed by atoms with van der Waals surface area (Å²) in [5.74, 6) is 0.915. The number of likely N-dealkylation sites (tertiary alicyclic amines) is 1. The predicted molar refractivity (Wildman–Crippen MR) is 125 cm³/mol. The highest BCUT2D eigenvalue weighted by Crippen LogP contribution is 2.37. The Balaban J connectivity index is 1.28. The molecule has 2 saturated heterocycles. The molecule has 2 fully saturated rings. The molecular weight excluding hydrogens is 398 g/mol. The number of benzene rings is 1. The summed E-state index contributed by atoms with van der Waals surface area (Å²) >= 11 is 0. The minimum atomic E-state index is -0.321. The van der Waals surface area contributed by atoms with Crippen LogP contribution in [0.15, 0.2) is 61.1 Å². The van der Waals surface area contributed by atoms with Gasteiger partial charge in [0.1, 0.15) is 0 Å². The Morgan fingerprint density at radius 2 is 1.88 bits per heavy atom. The number of rotatable bonds is 5. The van der Waals surface area contributed by atoms with Gasteiger partial charge in [0.2, 0.25) is 5.91 Å². The molecular formula is C27H33N3O2. The molecule has 1 atom stereocenters. The number of amides is 1. The fourth-order valence-corrected chi connectivity index (χ4v) is 5.58. The van der Waals surface area contributed by atoms with E-state index in [9.17, 15) is 4.79 Å². The van der Waals surface area contributed by atoms with Crippen molar-refractivity contribution >= 4 is 11.4 Å². The lowest BCUT2D eigenvalue weighted by Gasteiger charge is -2.40. The Morgan fingerprint density at radius 3 is 2.72 bits per heavy atom. The summed E-state index contributed by atoms with van der Waals surface area (Å²) in [6.45, 7) is 3.09. The first-order valence-electron chi connectivity index (χ1n) is 12.1. The third kappa shape index (κ3) is 4.44. The van der Waals surface area contributed by atoms with E-state index in [1.807, 2.05) is 18.5 Å². The van der Waals surface area contributed by atoms with Gasteiger partial charge in [-0.05, 0) is 68.6 Å². The van der Waals surface area contributed by atoms with Crippen LogP contribution in [0.1, 0.15) is 43.4 Å². The molecule has 4 heterocycles. The van der Waals surface area contributed by atoms with Crippen molar-refractivity contribution in [3.8, 4) is 0 Å². The van der Waals surface area contributed by atoms with Crippen LogP contribution in [0.3, 0.4) is 0 Å². The SMILES string of the molecule is O=C(N1CCC[C@@H](Cc2nccn3cccc23)CC1)C1(Cc2ccccc2)CCOCC1. The van der Waals surface area contributed by atoms with Crippen molar-refractivity contribution in [2.45, 2.75) is 44.9 Å². The van der Waals surface area contributed by atoms with Gasteiger partial charge in [-0.2, -0.15) is 0 Å². The van der Waals surface area contributed by atoms with Gasteiger partial charge in [-0.1, -0.05) is 30.3 Å². The van der Waals surface area contributed by atoms with E-state index < -0.39 is 0 Å². The van der Waals surface area contributed by atoms with Gasteiger partial charge in [0, 0.05) is 44.9 Å². The normalized spacial score (nSPS) is 21.4. The molecule has 0 bridgehead atoms. The Hall–Kier alpha value is -2.66. The maximum absolute atomic E-state index is 13.9. The zero-order chi connectivity index (χ0) is 21.8. The van der Waals surface area contributed by atoms with Crippen LogP contribution in [0, 0.1) is 11.3 Å². The molecule has 0 N–H and O–H groups in total. The number of aromatic nitrogens is 2. The number of hydrogen-bond acceptors (Lipinski definition) is 3. The van der Waals surface area contributed by atoms with Crippen molar-refractivity contribution in [1.82, 2.24) is 14.3 Å². The molecule has 0 radical (unpaired) electrons. The van der Waals surface area contributed by atoms with Crippen molar-refractivity contribution in [2.24, 2.45) is 11.3 Å². The van der Waals surface area contributed by atoms with Crippen LogP contribution in [0.25, 0.3) is 5.52 Å². The smallest absolute Gasteiger partial charge is 0.229 e. The molecule has 2 aliphatic heterocycles. The van der Waals surface area contributed by atoms with E-state index in [2.05, 4.69) is 56.9 Å². The largest absolute Gasteiger partial charge is 0.381 e. The summed E-state index contributed by atoms with van der Waals surface area (Å²) in [6, 6.07) is 14.7. The maximum atomic E-state index is 13.9. The topological polar surface area (TPSA) is 46.8 Å². The summed E-state index contributed by atoms with van der Waals surface area (Å²) in [7, 11) is 0. The molecule has 1 amide bonds. The minimum Gasteiger partial charge on any atom is -0.381 e. The molecule has 3 aromatic rings. The van der Waals surface area contributed by atoms with E-state index in [-0.39, 0.29) is 5.41 Å². The second-order valence-electron chi connectivity index (χ2n) is 9.52. The molecule has 32 heavy (non-hydrogen) atoms. The summed E-state index contributed by atoms with van der Waals surface area (Å²) in [5.41, 5.74) is 3.31. The van der Waals surface area contributed by atoms with E-state index in [0.717, 1.165) is 58.0 Å². The van der Waals surface area contributed by atoms with Gasteiger partial charge in [0.25, 0.3) is 0 Å². The van der Waals surface area contributed by atoms with E-state index in [0.29, 0.717) is 25.0 Å². The Kier molecular flexibility index (Phi) is 6.26. The standard InChI is InChI=1S/C27H33N3O2/c31-26(27(11-18-32-19-12-27)21-23-6-2-1-3-7-23)30-15-4-8-22(10-16-30)20-24-25-9-5-14-29(25)17-13-28-24/h1-3,5-7,9,13-14,17,22H,4,8,10-12,15-16,18-21H2/t22-/m1/s1. The first-order valence-corrected chi connectivity index (χ1v) is 12.1. The zero-order valence-corrected chi connectivity index (χ0v) is 18.8. The van der Waals surface area contributed by atoms with E-state index in [4.69, 9.17) is 4.74 Å². The third-order valence-electron chi connectivity index (χ3n) is 7.44. The maximum Gasteiger partial charge on any atom is 0.229 e. The van der Waals surface area contributed by atoms with Crippen molar-refractivity contribution in [3.05, 3.63) is 72.3 Å². The van der Waals surface area contributed by atoms with E-state index in [1.165, 1.54) is 16.8 Å². The average Bonchev–Trinajstić information content (AvgIpc) is 3.20. The number of hydrogen-bond donors (Lipinski definition) is 0. The zero-order valence-electron chi connectivity index (χ0n) is 18.8. The highest BCUT2D eigenvalue weighted by Gasteiger charge is 2.42. The van der Waals surface area contributed by atoms with Gasteiger partial charge in [-0.25, -0.2) is 0 Å². The molecule has 2 aromatic heterocycles. The lowest BCUT2D eigenvalue weighted by molar-refractivity contribution is -0.148. The second-order valence-corrected chi connectivity index (χ2v) is 9.52. The fourth-order valence-electron chi connectivity index (χ4n) is 5.58. The molecule has 0 unspecified atom stereocenters. The molecule has 0 aliphatic carbocycles. The van der Waals surface area contributed by atoms with Crippen LogP contribution in [-0.2, 0) is 22.4 Å². The third-order valence-corrected chi connectivity index (χ3v) is 7.44. The number of carbonyl (C=O) groups excluding carboxylic acids is 1. The molecule has 5 heteroatoms. The van der Waals surface area contributed by atoms with Gasteiger partial charge in [0.15, 0.2) is 0 Å². The van der Waals surface area contributed by atoms with Gasteiger partial charge < -0.3 is 14.0 Å². The van der Waals surface area contributed by atoms with Gasteiger partial charge >= 0.3 is 0 Å². The van der Waals surface area contributed by atoms with Gasteiger partial charge in [-0.15, -0.1) is 0 Å². The van der Waals surface area contributed by atoms with Crippen molar-refractivity contribution in [3.63, 3.8) is 0 Å². The molecule has 0 saturated carbocycles. The van der Waals surface area contributed by atoms with Crippen LogP contribution in [0.4, 0.5) is 0 Å². The fraction of sp³-hybridized carbons (Fsp3) is 0.481. The number of ether oxygens (including phenoxy) is 1. The number of carbonyl (C=O) groups is 1. The Morgan fingerprint density at radius 1 is 1.03 bits per heavy atom. The quantitative estimate of drug-likeness (QED) is 0.596. The Bertz CT molecular complexity index is 1040. The van der Waals surface area contributed by atoms with Crippen LogP contribution in [0.5, 0.6) is 0 Å². The van der Waals surface area contributed by atoms with Crippen molar-refractivity contribution in [1.29, 1.82) is 0 Å². The van der Waals surface area contributed by atoms with Crippen LogP contribution >= 0.6 is 0 Å². The summed E-state index contributed by atoms with van der Waals surface area (Å²) < 4.78 is 7.80. The van der Waals surface area contributed by atoms with Crippen molar-refractivity contribution < 1.29 is 9.53 Å². The lowest BCUT2D eigenvalue weighted by Crippen LogP contribution is -2.48. The van der Waals surface area contributed by atoms with Crippen molar-refractivity contribution in [2.75, 3.05) is 26.3 Å². The molecule has 0 spiro atoms.